The third kappa shape index (κ3) is 6.14. The Labute approximate surface area is 167 Å². The topological polar surface area (TPSA) is 50.4 Å². The first-order valence-electron chi connectivity index (χ1n) is 9.99. The van der Waals surface area contributed by atoms with E-state index in [-0.39, 0.29) is 11.9 Å². The van der Waals surface area contributed by atoms with Crippen LogP contribution < -0.4 is 15.4 Å². The van der Waals surface area contributed by atoms with Crippen LogP contribution in [-0.2, 0) is 4.79 Å². The first-order chi connectivity index (χ1) is 13.6. The summed E-state index contributed by atoms with van der Waals surface area (Å²) in [5, 5.41) is 6.15. The van der Waals surface area contributed by atoms with Crippen LogP contribution in [0, 0.1) is 17.8 Å². The Morgan fingerprint density at radius 1 is 1.11 bits per heavy atom. The molecular weight excluding hydrogens is 348 g/mol. The van der Waals surface area contributed by atoms with Gasteiger partial charge in [-0.25, -0.2) is 0 Å². The van der Waals surface area contributed by atoms with Crippen LogP contribution in [0.3, 0.4) is 0 Å². The molecule has 146 valence electrons. The van der Waals surface area contributed by atoms with Gasteiger partial charge in [0.05, 0.1) is 12.6 Å². The molecule has 3 rings (SSSR count). The lowest BCUT2D eigenvalue weighted by Gasteiger charge is -2.10. The molecule has 1 atom stereocenters. The van der Waals surface area contributed by atoms with Gasteiger partial charge in [-0.1, -0.05) is 25.7 Å². The molecule has 4 nitrogen and oxygen atoms in total. The summed E-state index contributed by atoms with van der Waals surface area (Å²) in [7, 11) is 0. The van der Waals surface area contributed by atoms with Crippen LogP contribution in [0.25, 0.3) is 0 Å². The second kappa shape index (κ2) is 9.96. The molecule has 0 aromatic heterocycles. The van der Waals surface area contributed by atoms with Gasteiger partial charge in [0.2, 0.25) is 5.91 Å². The monoisotopic (exact) mass is 376 g/mol. The minimum absolute atomic E-state index is 0.0343. The molecule has 1 saturated heterocycles. The molecule has 2 aromatic carbocycles. The predicted octanol–water partition coefficient (Wildman–Crippen LogP) is 4.20. The molecule has 2 N–H and O–H groups in total. The Hall–Kier alpha value is -2.77. The molecular formula is C24H28N2O2. The van der Waals surface area contributed by atoms with Crippen molar-refractivity contribution < 1.29 is 9.53 Å². The van der Waals surface area contributed by atoms with Crippen LogP contribution in [0.5, 0.6) is 5.75 Å². The Morgan fingerprint density at radius 2 is 1.75 bits per heavy atom. The lowest BCUT2D eigenvalue weighted by atomic mass is 10.1. The zero-order chi connectivity index (χ0) is 19.8. The highest BCUT2D eigenvalue weighted by Crippen LogP contribution is 2.14. The van der Waals surface area contributed by atoms with Gasteiger partial charge in [0.1, 0.15) is 5.75 Å². The van der Waals surface area contributed by atoms with Crippen molar-refractivity contribution in [2.45, 2.75) is 39.2 Å². The molecule has 1 aliphatic rings. The summed E-state index contributed by atoms with van der Waals surface area (Å²) in [5.41, 5.74) is 2.65. The number of ether oxygens (including phenoxy) is 1. The second-order valence-corrected chi connectivity index (χ2v) is 7.52. The van der Waals surface area contributed by atoms with Gasteiger partial charge in [-0.2, -0.15) is 0 Å². The zero-order valence-corrected chi connectivity index (χ0v) is 16.6. The predicted molar refractivity (Wildman–Crippen MR) is 113 cm³/mol. The number of anilines is 1. The SMILES string of the molecule is CC(C)CCOc1ccc(C#Cc2ccc(NC(=O)[C@H]3CCCN3)cc2)cc1. The van der Waals surface area contributed by atoms with Crippen molar-refractivity contribution in [3.05, 3.63) is 59.7 Å². The van der Waals surface area contributed by atoms with E-state index in [4.69, 9.17) is 4.74 Å². The average Bonchev–Trinajstić information content (AvgIpc) is 3.23. The molecule has 0 bridgehead atoms. The molecule has 2 aromatic rings. The number of hydrogen-bond acceptors (Lipinski definition) is 3. The van der Waals surface area contributed by atoms with Crippen LogP contribution >= 0.6 is 0 Å². The van der Waals surface area contributed by atoms with Gasteiger partial charge in [-0.3, -0.25) is 4.79 Å². The van der Waals surface area contributed by atoms with E-state index >= 15 is 0 Å². The van der Waals surface area contributed by atoms with Gasteiger partial charge < -0.3 is 15.4 Å². The second-order valence-electron chi connectivity index (χ2n) is 7.52. The van der Waals surface area contributed by atoms with Crippen LogP contribution in [0.1, 0.15) is 44.2 Å². The molecule has 1 aliphatic heterocycles. The van der Waals surface area contributed by atoms with Crippen LogP contribution in [0.4, 0.5) is 5.69 Å². The fourth-order valence-electron chi connectivity index (χ4n) is 2.97. The molecule has 28 heavy (non-hydrogen) atoms. The minimum atomic E-state index is -0.0724. The summed E-state index contributed by atoms with van der Waals surface area (Å²) in [6.45, 7) is 6.03. The Kier molecular flexibility index (Phi) is 7.11. The summed E-state index contributed by atoms with van der Waals surface area (Å²) in [5.74, 6) is 7.88. The highest BCUT2D eigenvalue weighted by atomic mass is 16.5. The Balaban J connectivity index is 1.53. The lowest BCUT2D eigenvalue weighted by molar-refractivity contribution is -0.117. The number of carbonyl (C=O) groups is 1. The molecule has 1 fully saturated rings. The maximum absolute atomic E-state index is 12.1. The highest BCUT2D eigenvalue weighted by molar-refractivity contribution is 5.95. The van der Waals surface area contributed by atoms with Crippen molar-refractivity contribution in [1.82, 2.24) is 5.32 Å². The van der Waals surface area contributed by atoms with E-state index in [1.807, 2.05) is 48.5 Å². The first-order valence-corrected chi connectivity index (χ1v) is 9.99. The maximum atomic E-state index is 12.1. The minimum Gasteiger partial charge on any atom is -0.494 e. The van der Waals surface area contributed by atoms with Crippen LogP contribution in [0.2, 0.25) is 0 Å². The number of rotatable bonds is 6. The summed E-state index contributed by atoms with van der Waals surface area (Å²) in [4.78, 5) is 12.1. The summed E-state index contributed by atoms with van der Waals surface area (Å²) in [6, 6.07) is 15.4. The van der Waals surface area contributed by atoms with E-state index < -0.39 is 0 Å². The van der Waals surface area contributed by atoms with Gasteiger partial charge in [0.15, 0.2) is 0 Å². The zero-order valence-electron chi connectivity index (χ0n) is 16.6. The molecule has 1 heterocycles. The average molecular weight is 377 g/mol. The fraction of sp³-hybridized carbons (Fsp3) is 0.375. The molecule has 0 spiro atoms. The van der Waals surface area contributed by atoms with E-state index in [9.17, 15) is 4.79 Å². The normalized spacial score (nSPS) is 15.8. The molecule has 0 saturated carbocycles. The van der Waals surface area contributed by atoms with Crippen molar-refractivity contribution in [3.8, 4) is 17.6 Å². The van der Waals surface area contributed by atoms with Gasteiger partial charge in [-0.15, -0.1) is 0 Å². The van der Waals surface area contributed by atoms with E-state index in [1.54, 1.807) is 0 Å². The van der Waals surface area contributed by atoms with Crippen molar-refractivity contribution in [2.75, 3.05) is 18.5 Å². The van der Waals surface area contributed by atoms with E-state index in [1.165, 1.54) is 0 Å². The van der Waals surface area contributed by atoms with Gasteiger partial charge in [0.25, 0.3) is 0 Å². The smallest absolute Gasteiger partial charge is 0.241 e. The number of nitrogens with one attached hydrogen (secondary N) is 2. The van der Waals surface area contributed by atoms with Crippen molar-refractivity contribution in [2.24, 2.45) is 5.92 Å². The number of benzene rings is 2. The van der Waals surface area contributed by atoms with Crippen molar-refractivity contribution in [1.29, 1.82) is 0 Å². The standard InChI is InChI=1S/C24H28N2O2/c1-18(2)15-17-28-22-13-9-20(10-14-22)6-5-19-7-11-21(12-8-19)26-24(27)23-4-3-16-25-23/h7-14,18,23,25H,3-4,15-17H2,1-2H3,(H,26,27)/t23-/m1/s1. The fourth-order valence-corrected chi connectivity index (χ4v) is 2.97. The Bertz CT molecular complexity index is 824. The lowest BCUT2D eigenvalue weighted by Crippen LogP contribution is -2.35. The third-order valence-electron chi connectivity index (χ3n) is 4.70. The van der Waals surface area contributed by atoms with E-state index in [2.05, 4.69) is 36.3 Å². The van der Waals surface area contributed by atoms with Gasteiger partial charge in [-0.05, 0) is 80.3 Å². The van der Waals surface area contributed by atoms with Crippen molar-refractivity contribution >= 4 is 11.6 Å². The molecule has 0 unspecified atom stereocenters. The molecule has 0 aliphatic carbocycles. The number of amides is 1. The van der Waals surface area contributed by atoms with Gasteiger partial charge >= 0.3 is 0 Å². The van der Waals surface area contributed by atoms with E-state index in [0.717, 1.165) is 55.0 Å². The third-order valence-corrected chi connectivity index (χ3v) is 4.70. The number of carbonyl (C=O) groups excluding carboxylic acids is 1. The maximum Gasteiger partial charge on any atom is 0.241 e. The van der Waals surface area contributed by atoms with E-state index in [0.29, 0.717) is 5.92 Å². The van der Waals surface area contributed by atoms with Crippen molar-refractivity contribution in [3.63, 3.8) is 0 Å². The highest BCUT2D eigenvalue weighted by Gasteiger charge is 2.21. The van der Waals surface area contributed by atoms with Gasteiger partial charge in [0, 0.05) is 16.8 Å². The quantitative estimate of drug-likeness (QED) is 0.743. The summed E-state index contributed by atoms with van der Waals surface area (Å²) < 4.78 is 5.73. The number of hydrogen-bond donors (Lipinski definition) is 2. The Morgan fingerprint density at radius 3 is 2.32 bits per heavy atom. The van der Waals surface area contributed by atoms with Crippen LogP contribution in [0.15, 0.2) is 48.5 Å². The molecule has 4 heteroatoms. The van der Waals surface area contributed by atoms with Crippen LogP contribution in [-0.4, -0.2) is 25.1 Å². The molecule has 1 amide bonds. The molecule has 0 radical (unpaired) electrons. The summed E-state index contributed by atoms with van der Waals surface area (Å²) in [6.07, 6.45) is 3.00. The first kappa shape index (κ1) is 20.0. The summed E-state index contributed by atoms with van der Waals surface area (Å²) >= 11 is 0. The largest absolute Gasteiger partial charge is 0.494 e.